The second-order valence-corrected chi connectivity index (χ2v) is 6.15. The van der Waals surface area contributed by atoms with E-state index in [1.165, 1.54) is 23.0 Å². The molecule has 1 aromatic carbocycles. The molecule has 1 atom stereocenters. The summed E-state index contributed by atoms with van der Waals surface area (Å²) in [5, 5.41) is 19.4. The number of nitrogens with one attached hydrogen (secondary N) is 1. The zero-order chi connectivity index (χ0) is 19.8. The Labute approximate surface area is 158 Å². The van der Waals surface area contributed by atoms with Crippen molar-refractivity contribution in [2.45, 2.75) is 13.0 Å². The number of hydrogen-bond donors (Lipinski definition) is 2. The third-order valence-electron chi connectivity index (χ3n) is 4.42. The molecule has 0 bridgehead atoms. The molecule has 4 rings (SSSR count). The molecule has 0 aliphatic carbocycles. The summed E-state index contributed by atoms with van der Waals surface area (Å²) in [4.78, 5) is 8.11. The lowest BCUT2D eigenvalue weighted by atomic mass is 10.0. The largest absolute Gasteiger partial charge is 0.382 e. The molecule has 0 radical (unpaired) electrons. The summed E-state index contributed by atoms with van der Waals surface area (Å²) in [6.45, 7) is 1.76. The molecule has 0 aliphatic rings. The van der Waals surface area contributed by atoms with Crippen LogP contribution >= 0.6 is 0 Å². The number of fused-ring (bicyclic) bond motifs is 2. The second kappa shape index (κ2) is 6.93. The molecule has 0 amide bonds. The van der Waals surface area contributed by atoms with E-state index in [2.05, 4.69) is 25.6 Å². The first-order chi connectivity index (χ1) is 13.5. The van der Waals surface area contributed by atoms with E-state index >= 15 is 0 Å². The number of nitrogens with zero attached hydrogens (tertiary/aromatic N) is 5. The molecule has 1 unspecified atom stereocenters. The molecule has 142 valence electrons. The highest BCUT2D eigenvalue weighted by Crippen LogP contribution is 2.31. The highest BCUT2D eigenvalue weighted by Gasteiger charge is 2.25. The summed E-state index contributed by atoms with van der Waals surface area (Å²) in [7, 11) is 1.66. The van der Waals surface area contributed by atoms with E-state index in [9.17, 15) is 13.9 Å². The van der Waals surface area contributed by atoms with Crippen molar-refractivity contribution in [1.29, 1.82) is 0 Å². The lowest BCUT2D eigenvalue weighted by Crippen LogP contribution is -2.13. The van der Waals surface area contributed by atoms with E-state index in [0.29, 0.717) is 17.1 Å². The second-order valence-electron chi connectivity index (χ2n) is 6.15. The van der Waals surface area contributed by atoms with Gasteiger partial charge in [-0.05, 0) is 31.2 Å². The maximum absolute atomic E-state index is 15.0. The number of imidazole rings is 1. The molecular weight excluding hydrogens is 366 g/mol. The molecule has 3 aromatic heterocycles. The first-order valence-electron chi connectivity index (χ1n) is 8.48. The molecule has 0 fully saturated rings. The van der Waals surface area contributed by atoms with Crippen molar-refractivity contribution in [2.24, 2.45) is 5.10 Å². The Morgan fingerprint density at radius 3 is 2.86 bits per heavy atom. The van der Waals surface area contributed by atoms with Gasteiger partial charge in [0.15, 0.2) is 5.65 Å². The summed E-state index contributed by atoms with van der Waals surface area (Å²) in [5.41, 5.74) is 4.06. The lowest BCUT2D eigenvalue weighted by Gasteiger charge is -2.14. The van der Waals surface area contributed by atoms with Crippen LogP contribution in [0.3, 0.4) is 0 Å². The standard InChI is InChI=1S/C19H16F2N6O/c1-10(25-22-2)13-5-6-16-24-9-15(27(16)26-13)19(28)17-12(20)8-14-11(18(17)21)4-3-7-23-14/h3-9,19,22,28H,1-2H3/b25-10+. The van der Waals surface area contributed by atoms with Crippen LogP contribution in [-0.4, -0.2) is 37.4 Å². The zero-order valence-corrected chi connectivity index (χ0v) is 15.1. The number of hydrogen-bond acceptors (Lipinski definition) is 6. The van der Waals surface area contributed by atoms with Crippen molar-refractivity contribution in [3.8, 4) is 0 Å². The Hall–Kier alpha value is -3.46. The van der Waals surface area contributed by atoms with Gasteiger partial charge in [0, 0.05) is 24.7 Å². The van der Waals surface area contributed by atoms with Crippen molar-refractivity contribution in [3.63, 3.8) is 0 Å². The Morgan fingerprint density at radius 1 is 1.25 bits per heavy atom. The van der Waals surface area contributed by atoms with Crippen LogP contribution in [0.25, 0.3) is 16.6 Å². The molecule has 0 aliphatic heterocycles. The van der Waals surface area contributed by atoms with Crippen LogP contribution < -0.4 is 5.43 Å². The maximum atomic E-state index is 15.0. The smallest absolute Gasteiger partial charge is 0.153 e. The van der Waals surface area contributed by atoms with E-state index < -0.39 is 23.3 Å². The van der Waals surface area contributed by atoms with Crippen LogP contribution in [0.15, 0.2) is 47.8 Å². The first kappa shape index (κ1) is 17.9. The molecule has 4 aromatic rings. The molecule has 3 heterocycles. The molecule has 9 heteroatoms. The minimum Gasteiger partial charge on any atom is -0.382 e. The molecule has 2 N–H and O–H groups in total. The summed E-state index contributed by atoms with van der Waals surface area (Å²) >= 11 is 0. The first-order valence-corrected chi connectivity index (χ1v) is 8.48. The van der Waals surface area contributed by atoms with Gasteiger partial charge in [0.2, 0.25) is 0 Å². The van der Waals surface area contributed by atoms with Gasteiger partial charge in [0.1, 0.15) is 23.4 Å². The minimum atomic E-state index is -1.61. The molecular formula is C19H16F2N6O. The number of aromatic nitrogens is 4. The van der Waals surface area contributed by atoms with Gasteiger partial charge in [-0.1, -0.05) is 0 Å². The number of pyridine rings is 1. The van der Waals surface area contributed by atoms with E-state index in [1.54, 1.807) is 32.2 Å². The Kier molecular flexibility index (Phi) is 4.44. The van der Waals surface area contributed by atoms with E-state index in [0.717, 1.165) is 6.07 Å². The lowest BCUT2D eigenvalue weighted by molar-refractivity contribution is 0.202. The van der Waals surface area contributed by atoms with Crippen molar-refractivity contribution in [2.75, 3.05) is 7.05 Å². The van der Waals surface area contributed by atoms with Gasteiger partial charge in [-0.25, -0.2) is 18.3 Å². The van der Waals surface area contributed by atoms with E-state index in [4.69, 9.17) is 0 Å². The molecule has 7 nitrogen and oxygen atoms in total. The topological polar surface area (TPSA) is 87.7 Å². The number of hydrazone groups is 1. The third-order valence-corrected chi connectivity index (χ3v) is 4.42. The van der Waals surface area contributed by atoms with Crippen molar-refractivity contribution < 1.29 is 13.9 Å². The number of halogens is 2. The number of aliphatic hydroxyl groups is 1. The average Bonchev–Trinajstić information content (AvgIpc) is 3.11. The predicted octanol–water partition coefficient (Wildman–Crippen LogP) is 2.58. The maximum Gasteiger partial charge on any atom is 0.153 e. The number of rotatable bonds is 4. The Morgan fingerprint density at radius 2 is 2.07 bits per heavy atom. The normalized spacial score (nSPS) is 13.2. The van der Waals surface area contributed by atoms with Crippen LogP contribution in [0, 0.1) is 11.6 Å². The molecule has 0 saturated heterocycles. The highest BCUT2D eigenvalue weighted by molar-refractivity contribution is 5.96. The fraction of sp³-hybridized carbons (Fsp3) is 0.158. The fourth-order valence-electron chi connectivity index (χ4n) is 3.06. The monoisotopic (exact) mass is 382 g/mol. The van der Waals surface area contributed by atoms with Gasteiger partial charge in [0.05, 0.1) is 28.7 Å². The summed E-state index contributed by atoms with van der Waals surface area (Å²) in [5.74, 6) is -1.76. The van der Waals surface area contributed by atoms with Gasteiger partial charge in [-0.2, -0.15) is 10.2 Å². The van der Waals surface area contributed by atoms with Crippen LogP contribution in [0.1, 0.15) is 30.0 Å². The SMILES string of the molecule is CN/N=C(\C)c1ccc2ncc(C(O)c3c(F)cc4ncccc4c3F)n2n1. The number of benzene rings is 1. The minimum absolute atomic E-state index is 0.123. The van der Waals surface area contributed by atoms with Crippen LogP contribution in [0.5, 0.6) is 0 Å². The van der Waals surface area contributed by atoms with Crippen molar-refractivity contribution in [3.05, 3.63) is 71.3 Å². The zero-order valence-electron chi connectivity index (χ0n) is 15.1. The van der Waals surface area contributed by atoms with Gasteiger partial charge < -0.3 is 10.5 Å². The number of aliphatic hydroxyl groups excluding tert-OH is 1. The predicted molar refractivity (Wildman–Crippen MR) is 100.0 cm³/mol. The van der Waals surface area contributed by atoms with Crippen molar-refractivity contribution in [1.82, 2.24) is 25.0 Å². The van der Waals surface area contributed by atoms with E-state index in [1.807, 2.05) is 0 Å². The van der Waals surface area contributed by atoms with Gasteiger partial charge >= 0.3 is 0 Å². The Balaban J connectivity index is 1.88. The summed E-state index contributed by atoms with van der Waals surface area (Å²) in [6.07, 6.45) is 1.18. The van der Waals surface area contributed by atoms with Gasteiger partial charge in [-0.3, -0.25) is 4.98 Å². The highest BCUT2D eigenvalue weighted by atomic mass is 19.1. The molecule has 0 saturated carbocycles. The molecule has 0 spiro atoms. The van der Waals surface area contributed by atoms with Crippen LogP contribution in [-0.2, 0) is 0 Å². The van der Waals surface area contributed by atoms with E-state index in [-0.39, 0.29) is 16.6 Å². The quantitative estimate of drug-likeness (QED) is 0.418. The van der Waals surface area contributed by atoms with Crippen molar-refractivity contribution >= 4 is 22.3 Å². The third kappa shape index (κ3) is 2.85. The fourth-order valence-corrected chi connectivity index (χ4v) is 3.06. The summed E-state index contributed by atoms with van der Waals surface area (Å²) in [6, 6.07) is 7.53. The average molecular weight is 382 g/mol. The Bertz CT molecular complexity index is 1220. The van der Waals surface area contributed by atoms with Gasteiger partial charge in [-0.15, -0.1) is 0 Å². The molecule has 28 heavy (non-hydrogen) atoms. The van der Waals surface area contributed by atoms with Gasteiger partial charge in [0.25, 0.3) is 0 Å². The summed E-state index contributed by atoms with van der Waals surface area (Å²) < 4.78 is 30.9. The van der Waals surface area contributed by atoms with Crippen LogP contribution in [0.4, 0.5) is 8.78 Å². The van der Waals surface area contributed by atoms with Crippen LogP contribution in [0.2, 0.25) is 0 Å².